The summed E-state index contributed by atoms with van der Waals surface area (Å²) >= 11 is 1.73. The molecule has 6 nitrogen and oxygen atoms in total. The molecule has 1 unspecified atom stereocenters. The van der Waals surface area contributed by atoms with E-state index in [0.29, 0.717) is 5.56 Å². The molecular formula is C27H32N5OS+. The maximum atomic E-state index is 12.8. The van der Waals surface area contributed by atoms with E-state index >= 15 is 0 Å². The van der Waals surface area contributed by atoms with Crippen molar-refractivity contribution in [2.24, 2.45) is 0 Å². The fraction of sp³-hybridized carbons (Fsp3) is 0.259. The van der Waals surface area contributed by atoms with Crippen molar-refractivity contribution in [1.29, 1.82) is 0 Å². The summed E-state index contributed by atoms with van der Waals surface area (Å²) in [6, 6.07) is 17.9. The molecule has 1 aliphatic heterocycles. The lowest BCUT2D eigenvalue weighted by molar-refractivity contribution is -0.568. The van der Waals surface area contributed by atoms with Crippen molar-refractivity contribution in [3.63, 3.8) is 0 Å². The lowest BCUT2D eigenvalue weighted by Crippen LogP contribution is -2.86. The lowest BCUT2D eigenvalue weighted by atomic mass is 10.1. The van der Waals surface area contributed by atoms with Gasteiger partial charge in [0.15, 0.2) is 0 Å². The minimum atomic E-state index is -0.105. The Morgan fingerprint density at radius 1 is 1.12 bits per heavy atom. The lowest BCUT2D eigenvalue weighted by Gasteiger charge is -2.18. The average molecular weight is 475 g/mol. The Morgan fingerprint density at radius 2 is 1.91 bits per heavy atom. The largest absolute Gasteiger partial charge is 0.327 e. The van der Waals surface area contributed by atoms with Crippen LogP contribution < -0.4 is 16.0 Å². The third-order valence-corrected chi connectivity index (χ3v) is 6.91. The van der Waals surface area contributed by atoms with E-state index in [4.69, 9.17) is 0 Å². The summed E-state index contributed by atoms with van der Waals surface area (Å²) in [6.07, 6.45) is 3.66. The minimum absolute atomic E-state index is 0.105. The van der Waals surface area contributed by atoms with Crippen LogP contribution in [-0.4, -0.2) is 34.4 Å². The van der Waals surface area contributed by atoms with E-state index in [1.54, 1.807) is 18.0 Å². The second-order valence-electron chi connectivity index (χ2n) is 8.32. The molecule has 0 saturated heterocycles. The molecule has 4 rings (SSSR count). The smallest absolute Gasteiger partial charge is 0.255 e. The number of aryl methyl sites for hydroxylation is 1. The molecule has 0 spiro atoms. The SMILES string of the molecule is CCN(CC)Cc1ccc(C(=O)Nc2ccc(C)c(NC3[NH2+]C(c4cccnc4)=CS3)c2)cc1. The molecule has 1 aliphatic rings. The van der Waals surface area contributed by atoms with E-state index in [1.807, 2.05) is 54.7 Å². The number of nitrogens with two attached hydrogens (primary N) is 1. The maximum absolute atomic E-state index is 12.8. The van der Waals surface area contributed by atoms with Gasteiger partial charge in [-0.25, -0.2) is 0 Å². The van der Waals surface area contributed by atoms with Crippen molar-refractivity contribution >= 4 is 34.7 Å². The van der Waals surface area contributed by atoms with Gasteiger partial charge < -0.3 is 10.6 Å². The first kappa shape index (κ1) is 24.0. The molecule has 0 fully saturated rings. The van der Waals surface area contributed by atoms with Gasteiger partial charge in [-0.15, -0.1) is 0 Å². The summed E-state index contributed by atoms with van der Waals surface area (Å²) in [4.78, 5) is 19.4. The van der Waals surface area contributed by atoms with Crippen LogP contribution in [0.3, 0.4) is 0 Å². The molecule has 0 saturated carbocycles. The topological polar surface area (TPSA) is 73.9 Å². The van der Waals surface area contributed by atoms with Gasteiger partial charge in [-0.3, -0.25) is 20.0 Å². The van der Waals surface area contributed by atoms with E-state index in [-0.39, 0.29) is 11.4 Å². The van der Waals surface area contributed by atoms with Crippen LogP contribution in [0.1, 0.15) is 40.9 Å². The number of hydrogen-bond acceptors (Lipinski definition) is 5. The number of quaternary nitrogens is 1. The summed E-state index contributed by atoms with van der Waals surface area (Å²) < 4.78 is 0. The molecule has 1 amide bonds. The summed E-state index contributed by atoms with van der Waals surface area (Å²) in [6.45, 7) is 9.32. The number of amides is 1. The van der Waals surface area contributed by atoms with Crippen molar-refractivity contribution in [3.8, 4) is 0 Å². The van der Waals surface area contributed by atoms with Gasteiger partial charge in [0, 0.05) is 41.3 Å². The second kappa shape index (κ2) is 11.3. The van der Waals surface area contributed by atoms with E-state index in [9.17, 15) is 4.79 Å². The first-order valence-corrected chi connectivity index (χ1v) is 12.6. The van der Waals surface area contributed by atoms with Crippen LogP contribution in [0, 0.1) is 6.92 Å². The standard InChI is InChI=1S/C27H31N5OS/c1-4-32(5-2)17-20-9-11-21(12-10-20)26(33)29-23-13-8-19(3)24(15-23)30-27-31-25(18-34-27)22-7-6-14-28-16-22/h6-16,18,27,30-31H,4-5,17H2,1-3H3,(H,29,33)/p+1. The summed E-state index contributed by atoms with van der Waals surface area (Å²) in [5.74, 6) is -0.105. The second-order valence-corrected chi connectivity index (χ2v) is 9.34. The highest BCUT2D eigenvalue weighted by Crippen LogP contribution is 2.26. The monoisotopic (exact) mass is 474 g/mol. The molecule has 4 N–H and O–H groups in total. The molecule has 2 heterocycles. The van der Waals surface area contributed by atoms with Crippen molar-refractivity contribution < 1.29 is 10.1 Å². The molecule has 0 aliphatic carbocycles. The first-order chi connectivity index (χ1) is 16.6. The predicted octanol–water partition coefficient (Wildman–Crippen LogP) is 4.49. The van der Waals surface area contributed by atoms with Gasteiger partial charge in [-0.1, -0.05) is 32.0 Å². The van der Waals surface area contributed by atoms with Gasteiger partial charge in [-0.2, -0.15) is 0 Å². The van der Waals surface area contributed by atoms with Crippen LogP contribution >= 0.6 is 11.8 Å². The van der Waals surface area contributed by atoms with Crippen molar-refractivity contribution in [2.45, 2.75) is 32.8 Å². The van der Waals surface area contributed by atoms with Gasteiger partial charge >= 0.3 is 0 Å². The predicted molar refractivity (Wildman–Crippen MR) is 141 cm³/mol. The third-order valence-electron chi connectivity index (χ3n) is 5.98. The van der Waals surface area contributed by atoms with Crippen LogP contribution in [-0.2, 0) is 6.54 Å². The molecule has 1 aromatic heterocycles. The minimum Gasteiger partial charge on any atom is -0.327 e. The number of nitrogens with zero attached hydrogens (tertiary/aromatic N) is 2. The normalized spacial score (nSPS) is 15.3. The van der Waals surface area contributed by atoms with Gasteiger partial charge in [0.2, 0.25) is 5.50 Å². The Bertz CT molecular complexity index is 1140. The summed E-state index contributed by atoms with van der Waals surface area (Å²) in [5, 5.41) is 11.0. The highest BCUT2D eigenvalue weighted by molar-refractivity contribution is 8.03. The molecule has 7 heteroatoms. The number of aromatic nitrogens is 1. The van der Waals surface area contributed by atoms with Crippen LogP contribution in [0.2, 0.25) is 0 Å². The molecule has 0 bridgehead atoms. The number of nitrogens with one attached hydrogen (secondary N) is 2. The van der Waals surface area contributed by atoms with Crippen molar-refractivity contribution in [2.75, 3.05) is 23.7 Å². The number of carbonyl (C=O) groups excluding carboxylic acids is 1. The molecule has 0 radical (unpaired) electrons. The molecule has 2 aromatic carbocycles. The van der Waals surface area contributed by atoms with Crippen LogP contribution in [0.15, 0.2) is 72.4 Å². The Balaban J connectivity index is 1.37. The van der Waals surface area contributed by atoms with E-state index < -0.39 is 0 Å². The number of carbonyl (C=O) groups is 1. The number of rotatable bonds is 9. The highest BCUT2D eigenvalue weighted by Gasteiger charge is 2.23. The van der Waals surface area contributed by atoms with Crippen molar-refractivity contribution in [1.82, 2.24) is 9.88 Å². The maximum Gasteiger partial charge on any atom is 0.255 e. The summed E-state index contributed by atoms with van der Waals surface area (Å²) in [5.41, 5.74) is 7.17. The number of anilines is 2. The van der Waals surface area contributed by atoms with Crippen LogP contribution in [0.5, 0.6) is 0 Å². The number of benzene rings is 2. The molecule has 176 valence electrons. The Kier molecular flexibility index (Phi) is 8.00. The molecule has 1 atom stereocenters. The van der Waals surface area contributed by atoms with Gasteiger partial charge in [0.1, 0.15) is 5.70 Å². The number of hydrogen-bond donors (Lipinski definition) is 3. The Labute approximate surface area is 205 Å². The van der Waals surface area contributed by atoms with E-state index in [1.165, 1.54) is 11.3 Å². The fourth-order valence-electron chi connectivity index (χ4n) is 3.84. The van der Waals surface area contributed by atoms with Gasteiger partial charge in [0.25, 0.3) is 5.91 Å². The molecule has 34 heavy (non-hydrogen) atoms. The fourth-order valence-corrected chi connectivity index (χ4v) is 4.77. The Morgan fingerprint density at radius 3 is 2.62 bits per heavy atom. The first-order valence-electron chi connectivity index (χ1n) is 11.7. The van der Waals surface area contributed by atoms with Crippen LogP contribution in [0.25, 0.3) is 5.70 Å². The zero-order valence-corrected chi connectivity index (χ0v) is 20.7. The van der Waals surface area contributed by atoms with Crippen molar-refractivity contribution in [3.05, 3.63) is 94.7 Å². The van der Waals surface area contributed by atoms with Crippen LogP contribution in [0.4, 0.5) is 11.4 Å². The van der Waals surface area contributed by atoms with Gasteiger partial charge in [0.05, 0.1) is 5.56 Å². The molecule has 3 aromatic rings. The Hall–Kier alpha value is -3.13. The van der Waals surface area contributed by atoms with Gasteiger partial charge in [-0.05, 0) is 79.3 Å². The van der Waals surface area contributed by atoms with E-state index in [0.717, 1.165) is 42.1 Å². The zero-order valence-electron chi connectivity index (χ0n) is 19.9. The zero-order chi connectivity index (χ0) is 23.9. The average Bonchev–Trinajstić information content (AvgIpc) is 3.34. The number of thioether (sulfide) groups is 1. The highest BCUT2D eigenvalue weighted by atomic mass is 32.2. The number of pyridine rings is 1. The molecular weight excluding hydrogens is 442 g/mol. The quantitative estimate of drug-likeness (QED) is 0.426. The summed E-state index contributed by atoms with van der Waals surface area (Å²) in [7, 11) is 0. The third kappa shape index (κ3) is 6.05. The van der Waals surface area contributed by atoms with E-state index in [2.05, 4.69) is 58.1 Å².